The van der Waals surface area contributed by atoms with E-state index in [1.54, 1.807) is 24.3 Å². The number of rotatable bonds is 8. The Labute approximate surface area is 160 Å². The predicted molar refractivity (Wildman–Crippen MR) is 106 cm³/mol. The van der Waals surface area contributed by atoms with E-state index in [0.29, 0.717) is 24.2 Å². The molecule has 142 valence electrons. The molecule has 1 fully saturated rings. The number of carbonyl (C=O) groups excluding carboxylic acids is 2. The standard InChI is InChI=1S/C22H26N2O3/c25-21(10-4-8-17-6-2-1-3-7-17)24-19-13-11-18(12-14-19)22(26)23-16-20-9-5-15-27-20/h1-3,6-7,11-14,20H,4-5,8-10,15-16H2,(H,23,26)(H,24,25). The topological polar surface area (TPSA) is 67.4 Å². The molecule has 0 aliphatic carbocycles. The number of benzene rings is 2. The van der Waals surface area contributed by atoms with Gasteiger partial charge in [-0.1, -0.05) is 30.3 Å². The Morgan fingerprint density at radius 2 is 1.81 bits per heavy atom. The molecule has 1 atom stereocenters. The van der Waals surface area contributed by atoms with Gasteiger partial charge in [0, 0.05) is 30.8 Å². The van der Waals surface area contributed by atoms with E-state index in [4.69, 9.17) is 4.74 Å². The zero-order valence-electron chi connectivity index (χ0n) is 15.4. The van der Waals surface area contributed by atoms with Crippen molar-refractivity contribution in [2.75, 3.05) is 18.5 Å². The van der Waals surface area contributed by atoms with Crippen LogP contribution in [0.3, 0.4) is 0 Å². The Kier molecular flexibility index (Phi) is 6.99. The van der Waals surface area contributed by atoms with Gasteiger partial charge in [-0.3, -0.25) is 9.59 Å². The fourth-order valence-corrected chi connectivity index (χ4v) is 3.14. The largest absolute Gasteiger partial charge is 0.376 e. The summed E-state index contributed by atoms with van der Waals surface area (Å²) in [4.78, 5) is 24.2. The summed E-state index contributed by atoms with van der Waals surface area (Å²) in [6.07, 6.45) is 4.34. The van der Waals surface area contributed by atoms with Crippen LogP contribution < -0.4 is 10.6 Å². The van der Waals surface area contributed by atoms with Crippen LogP contribution in [-0.2, 0) is 16.0 Å². The minimum atomic E-state index is -0.119. The van der Waals surface area contributed by atoms with Gasteiger partial charge in [0.25, 0.3) is 5.91 Å². The smallest absolute Gasteiger partial charge is 0.251 e. The van der Waals surface area contributed by atoms with Crippen molar-refractivity contribution in [3.63, 3.8) is 0 Å². The molecule has 27 heavy (non-hydrogen) atoms. The highest BCUT2D eigenvalue weighted by atomic mass is 16.5. The summed E-state index contributed by atoms with van der Waals surface area (Å²) in [7, 11) is 0. The molecule has 5 heteroatoms. The first-order chi connectivity index (χ1) is 13.2. The maximum absolute atomic E-state index is 12.2. The van der Waals surface area contributed by atoms with E-state index in [9.17, 15) is 9.59 Å². The number of carbonyl (C=O) groups is 2. The summed E-state index contributed by atoms with van der Waals surface area (Å²) < 4.78 is 5.50. The Balaban J connectivity index is 1.39. The minimum Gasteiger partial charge on any atom is -0.376 e. The lowest BCUT2D eigenvalue weighted by Crippen LogP contribution is -2.31. The lowest BCUT2D eigenvalue weighted by molar-refractivity contribution is -0.116. The highest BCUT2D eigenvalue weighted by Gasteiger charge is 2.16. The van der Waals surface area contributed by atoms with Crippen molar-refractivity contribution in [3.8, 4) is 0 Å². The molecule has 1 heterocycles. The summed E-state index contributed by atoms with van der Waals surface area (Å²) >= 11 is 0. The third kappa shape index (κ3) is 6.22. The number of amides is 2. The van der Waals surface area contributed by atoms with Crippen molar-refractivity contribution < 1.29 is 14.3 Å². The number of ether oxygens (including phenoxy) is 1. The molecule has 0 spiro atoms. The zero-order valence-corrected chi connectivity index (χ0v) is 15.4. The summed E-state index contributed by atoms with van der Waals surface area (Å²) in [6, 6.07) is 17.1. The maximum Gasteiger partial charge on any atom is 0.251 e. The fourth-order valence-electron chi connectivity index (χ4n) is 3.14. The van der Waals surface area contributed by atoms with Gasteiger partial charge in [0.15, 0.2) is 0 Å². The summed E-state index contributed by atoms with van der Waals surface area (Å²) in [5.74, 6) is -0.132. The maximum atomic E-state index is 12.2. The van der Waals surface area contributed by atoms with Crippen LogP contribution in [0.5, 0.6) is 0 Å². The van der Waals surface area contributed by atoms with Crippen LogP contribution in [0.1, 0.15) is 41.6 Å². The van der Waals surface area contributed by atoms with Crippen LogP contribution in [0.2, 0.25) is 0 Å². The fraction of sp³-hybridized carbons (Fsp3) is 0.364. The normalized spacial score (nSPS) is 16.1. The van der Waals surface area contributed by atoms with Crippen LogP contribution in [-0.4, -0.2) is 31.1 Å². The lowest BCUT2D eigenvalue weighted by atomic mass is 10.1. The van der Waals surface area contributed by atoms with Gasteiger partial charge in [-0.15, -0.1) is 0 Å². The first-order valence-electron chi connectivity index (χ1n) is 9.54. The first-order valence-corrected chi connectivity index (χ1v) is 9.54. The third-order valence-electron chi connectivity index (χ3n) is 4.66. The zero-order chi connectivity index (χ0) is 18.9. The minimum absolute atomic E-state index is 0.0125. The lowest BCUT2D eigenvalue weighted by Gasteiger charge is -2.11. The van der Waals surface area contributed by atoms with Gasteiger partial charge in [0.05, 0.1) is 6.10 Å². The molecule has 5 nitrogen and oxygen atoms in total. The van der Waals surface area contributed by atoms with Crippen LogP contribution in [0.4, 0.5) is 5.69 Å². The molecule has 1 saturated heterocycles. The van der Waals surface area contributed by atoms with Crippen LogP contribution in [0.25, 0.3) is 0 Å². The van der Waals surface area contributed by atoms with Gasteiger partial charge < -0.3 is 15.4 Å². The monoisotopic (exact) mass is 366 g/mol. The van der Waals surface area contributed by atoms with Crippen molar-refractivity contribution in [2.24, 2.45) is 0 Å². The molecule has 2 aromatic rings. The molecule has 1 aliphatic heterocycles. The summed E-state index contributed by atoms with van der Waals surface area (Å²) in [5.41, 5.74) is 2.52. The number of aryl methyl sites for hydroxylation is 1. The highest BCUT2D eigenvalue weighted by Crippen LogP contribution is 2.13. The van der Waals surface area contributed by atoms with Gasteiger partial charge in [0.2, 0.25) is 5.91 Å². The van der Waals surface area contributed by atoms with Crippen molar-refractivity contribution in [2.45, 2.75) is 38.2 Å². The quantitative estimate of drug-likeness (QED) is 0.751. The number of anilines is 1. The average molecular weight is 366 g/mol. The predicted octanol–water partition coefficient (Wildman–Crippen LogP) is 3.56. The van der Waals surface area contributed by atoms with Crippen LogP contribution in [0.15, 0.2) is 54.6 Å². The molecule has 0 aromatic heterocycles. The van der Waals surface area contributed by atoms with Gasteiger partial charge in [-0.2, -0.15) is 0 Å². The highest BCUT2D eigenvalue weighted by molar-refractivity contribution is 5.95. The molecular weight excluding hydrogens is 340 g/mol. The molecule has 0 saturated carbocycles. The van der Waals surface area contributed by atoms with E-state index < -0.39 is 0 Å². The van der Waals surface area contributed by atoms with E-state index in [1.165, 1.54) is 5.56 Å². The first kappa shape index (κ1) is 19.1. The molecular formula is C22H26N2O3. The second kappa shape index (κ2) is 9.88. The summed E-state index contributed by atoms with van der Waals surface area (Å²) in [6.45, 7) is 1.32. The molecule has 2 aromatic carbocycles. The second-order valence-corrected chi connectivity index (χ2v) is 6.81. The molecule has 2 amide bonds. The van der Waals surface area contributed by atoms with E-state index in [-0.39, 0.29) is 17.9 Å². The molecule has 0 bridgehead atoms. The van der Waals surface area contributed by atoms with Gasteiger partial charge in [0.1, 0.15) is 0 Å². The second-order valence-electron chi connectivity index (χ2n) is 6.81. The van der Waals surface area contributed by atoms with E-state index in [2.05, 4.69) is 22.8 Å². The average Bonchev–Trinajstić information content (AvgIpc) is 3.21. The van der Waals surface area contributed by atoms with Crippen molar-refractivity contribution in [1.82, 2.24) is 5.32 Å². The Morgan fingerprint density at radius 1 is 1.04 bits per heavy atom. The molecule has 0 radical (unpaired) electrons. The van der Waals surface area contributed by atoms with Gasteiger partial charge in [-0.25, -0.2) is 0 Å². The third-order valence-corrected chi connectivity index (χ3v) is 4.66. The Bertz CT molecular complexity index is 738. The van der Waals surface area contributed by atoms with Crippen LogP contribution >= 0.6 is 0 Å². The van der Waals surface area contributed by atoms with E-state index >= 15 is 0 Å². The number of nitrogens with one attached hydrogen (secondary N) is 2. The molecule has 2 N–H and O–H groups in total. The van der Waals surface area contributed by atoms with Gasteiger partial charge >= 0.3 is 0 Å². The molecule has 1 aliphatic rings. The van der Waals surface area contributed by atoms with Crippen molar-refractivity contribution >= 4 is 17.5 Å². The number of hydrogen-bond acceptors (Lipinski definition) is 3. The SMILES string of the molecule is O=C(CCCc1ccccc1)Nc1ccc(C(=O)NCC2CCCO2)cc1. The Hall–Kier alpha value is -2.66. The Morgan fingerprint density at radius 3 is 2.52 bits per heavy atom. The van der Waals surface area contributed by atoms with E-state index in [0.717, 1.165) is 32.3 Å². The van der Waals surface area contributed by atoms with E-state index in [1.807, 2.05) is 18.2 Å². The number of hydrogen-bond donors (Lipinski definition) is 2. The van der Waals surface area contributed by atoms with Crippen LogP contribution in [0, 0.1) is 0 Å². The molecule has 3 rings (SSSR count). The van der Waals surface area contributed by atoms with Crippen molar-refractivity contribution in [1.29, 1.82) is 0 Å². The molecule has 1 unspecified atom stereocenters. The van der Waals surface area contributed by atoms with Gasteiger partial charge in [-0.05, 0) is 55.5 Å². The van der Waals surface area contributed by atoms with Crippen molar-refractivity contribution in [3.05, 3.63) is 65.7 Å². The summed E-state index contributed by atoms with van der Waals surface area (Å²) in [5, 5.41) is 5.77.